The number of aryl methyl sites for hydroxylation is 1. The van der Waals surface area contributed by atoms with E-state index in [1.807, 2.05) is 0 Å². The lowest BCUT2D eigenvalue weighted by Crippen LogP contribution is -2.08. The van der Waals surface area contributed by atoms with E-state index in [9.17, 15) is 8.78 Å². The molecule has 0 bridgehead atoms. The summed E-state index contributed by atoms with van der Waals surface area (Å²) in [5, 5.41) is 6.50. The second-order valence-corrected chi connectivity index (χ2v) is 7.86. The van der Waals surface area contributed by atoms with Crippen LogP contribution in [0.3, 0.4) is 0 Å². The smallest absolute Gasteiger partial charge is 0.168 e. The van der Waals surface area contributed by atoms with Gasteiger partial charge in [0.15, 0.2) is 17.7 Å². The van der Waals surface area contributed by atoms with Crippen LogP contribution < -0.4 is 10.1 Å². The van der Waals surface area contributed by atoms with Crippen molar-refractivity contribution < 1.29 is 17.6 Å². The summed E-state index contributed by atoms with van der Waals surface area (Å²) in [6, 6.07) is 7.25. The van der Waals surface area contributed by atoms with Crippen LogP contribution in [0, 0.1) is 11.6 Å². The van der Waals surface area contributed by atoms with Crippen LogP contribution in [0.1, 0.15) is 23.0 Å². The zero-order chi connectivity index (χ0) is 27.0. The lowest BCUT2D eigenvalue weighted by molar-refractivity contribution is 0.219. The van der Waals surface area contributed by atoms with Gasteiger partial charge in [-0.1, -0.05) is 11.6 Å². The number of aromatic nitrogens is 6. The van der Waals surface area contributed by atoms with Crippen LogP contribution in [-0.4, -0.2) is 29.7 Å². The zero-order valence-electron chi connectivity index (χ0n) is 21.1. The fourth-order valence-corrected chi connectivity index (χ4v) is 3.66. The van der Waals surface area contributed by atoms with E-state index in [1.165, 1.54) is 24.8 Å². The van der Waals surface area contributed by atoms with Crippen molar-refractivity contribution in [3.63, 3.8) is 0 Å². The summed E-state index contributed by atoms with van der Waals surface area (Å²) in [7, 11) is 0. The van der Waals surface area contributed by atoms with Crippen LogP contribution in [0.5, 0.6) is 5.75 Å². The Hall–Kier alpha value is -4.18. The molecule has 8 nitrogen and oxygen atoms in total. The standard InChI is InChI=1S/C24H18ClF2N7O/c1-13(23-28-6-3-7-29-23)35-19-9-14(15-10-32-34(2)11-15)8-18-20(19)24(31-12-30-18)33-17-5-4-16(26)21(25)22(17)27/h3-13H,1-2H3,(H,30,31,33)/t13-/m0/s1/i2D3. The van der Waals surface area contributed by atoms with Crippen molar-refractivity contribution in [1.29, 1.82) is 0 Å². The van der Waals surface area contributed by atoms with E-state index in [2.05, 4.69) is 30.4 Å². The highest BCUT2D eigenvalue weighted by Gasteiger charge is 2.20. The molecule has 0 radical (unpaired) electrons. The Morgan fingerprint density at radius 1 is 1.11 bits per heavy atom. The topological polar surface area (TPSA) is 90.6 Å². The predicted molar refractivity (Wildman–Crippen MR) is 127 cm³/mol. The molecule has 0 amide bonds. The lowest BCUT2D eigenvalue weighted by Gasteiger charge is -2.18. The van der Waals surface area contributed by atoms with Gasteiger partial charge in [0.1, 0.15) is 28.7 Å². The Morgan fingerprint density at radius 3 is 2.71 bits per heavy atom. The molecule has 35 heavy (non-hydrogen) atoms. The average molecular weight is 497 g/mol. The highest BCUT2D eigenvalue weighted by Crippen LogP contribution is 2.38. The number of benzene rings is 2. The van der Waals surface area contributed by atoms with E-state index in [0.29, 0.717) is 27.9 Å². The maximum Gasteiger partial charge on any atom is 0.168 e. The molecule has 5 rings (SSSR count). The predicted octanol–water partition coefficient (Wildman–Crippen LogP) is 5.64. The Bertz CT molecular complexity index is 1630. The third-order valence-corrected chi connectivity index (χ3v) is 5.51. The van der Waals surface area contributed by atoms with Crippen LogP contribution in [-0.2, 0) is 6.98 Å². The quantitative estimate of drug-likeness (QED) is 0.304. The summed E-state index contributed by atoms with van der Waals surface area (Å²) in [5.74, 6) is -1.04. The van der Waals surface area contributed by atoms with Crippen molar-refractivity contribution in [2.45, 2.75) is 13.0 Å². The molecule has 0 saturated heterocycles. The summed E-state index contributed by atoms with van der Waals surface area (Å²) in [6.45, 7) is -0.704. The van der Waals surface area contributed by atoms with Gasteiger partial charge < -0.3 is 10.1 Å². The van der Waals surface area contributed by atoms with Crippen molar-refractivity contribution in [2.75, 3.05) is 5.32 Å². The molecule has 0 aliphatic carbocycles. The first kappa shape index (κ1) is 19.2. The molecule has 1 N–H and O–H groups in total. The summed E-state index contributed by atoms with van der Waals surface area (Å²) in [4.78, 5) is 17.0. The summed E-state index contributed by atoms with van der Waals surface area (Å²) in [6.07, 6.45) is 6.60. The summed E-state index contributed by atoms with van der Waals surface area (Å²) in [5.41, 5.74) is 1.35. The molecule has 0 aliphatic rings. The van der Waals surface area contributed by atoms with Gasteiger partial charge in [-0.3, -0.25) is 4.68 Å². The average Bonchev–Trinajstić information content (AvgIpc) is 3.41. The number of ether oxygens (including phenoxy) is 1. The van der Waals surface area contributed by atoms with Gasteiger partial charge >= 0.3 is 0 Å². The third-order valence-electron chi connectivity index (χ3n) is 5.16. The van der Waals surface area contributed by atoms with E-state index in [-0.39, 0.29) is 17.3 Å². The SMILES string of the molecule is [2H]C([2H])([2H])n1cc(-c2cc(O[C@@H](C)c3ncccn3)c3c(Nc4ccc(F)c(Cl)c4F)ncnc3c2)cn1. The first-order valence-electron chi connectivity index (χ1n) is 11.8. The van der Waals surface area contributed by atoms with Gasteiger partial charge in [0.25, 0.3) is 0 Å². The highest BCUT2D eigenvalue weighted by molar-refractivity contribution is 6.31. The van der Waals surface area contributed by atoms with Crippen molar-refractivity contribution >= 4 is 34.0 Å². The van der Waals surface area contributed by atoms with Gasteiger partial charge in [0.05, 0.1) is 22.8 Å². The molecule has 0 spiro atoms. The fourth-order valence-electron chi connectivity index (χ4n) is 3.49. The molecular formula is C24H18ClF2N7O. The molecular weight excluding hydrogens is 476 g/mol. The third kappa shape index (κ3) is 4.47. The number of hydrogen-bond donors (Lipinski definition) is 1. The van der Waals surface area contributed by atoms with Gasteiger partial charge in [-0.25, -0.2) is 28.7 Å². The molecule has 3 heterocycles. The second kappa shape index (κ2) is 9.22. The number of nitrogens with one attached hydrogen (secondary N) is 1. The Balaban J connectivity index is 1.65. The van der Waals surface area contributed by atoms with Crippen LogP contribution >= 0.6 is 11.6 Å². The van der Waals surface area contributed by atoms with Gasteiger partial charge in [0.2, 0.25) is 0 Å². The maximum absolute atomic E-state index is 14.7. The molecule has 176 valence electrons. The van der Waals surface area contributed by atoms with Crippen LogP contribution in [0.2, 0.25) is 5.02 Å². The molecule has 11 heteroatoms. The first-order chi connectivity index (χ1) is 18.1. The van der Waals surface area contributed by atoms with E-state index >= 15 is 0 Å². The zero-order valence-corrected chi connectivity index (χ0v) is 18.8. The molecule has 3 aromatic heterocycles. The number of nitrogens with zero attached hydrogens (tertiary/aromatic N) is 6. The molecule has 5 aromatic rings. The van der Waals surface area contributed by atoms with Crippen molar-refractivity contribution in [3.8, 4) is 16.9 Å². The molecule has 0 fully saturated rings. The largest absolute Gasteiger partial charge is 0.482 e. The minimum Gasteiger partial charge on any atom is -0.482 e. The van der Waals surface area contributed by atoms with Crippen molar-refractivity contribution in [1.82, 2.24) is 29.7 Å². The van der Waals surface area contributed by atoms with Gasteiger partial charge in [-0.2, -0.15) is 5.10 Å². The van der Waals surface area contributed by atoms with Crippen LogP contribution in [0.4, 0.5) is 20.3 Å². The first-order valence-corrected chi connectivity index (χ1v) is 10.7. The van der Waals surface area contributed by atoms with E-state index < -0.39 is 29.7 Å². The Kier molecular flexibility index (Phi) is 5.05. The van der Waals surface area contributed by atoms with E-state index in [0.717, 1.165) is 10.7 Å². The summed E-state index contributed by atoms with van der Waals surface area (Å²) < 4.78 is 58.3. The van der Waals surface area contributed by atoms with Crippen LogP contribution in [0.25, 0.3) is 22.0 Å². The van der Waals surface area contributed by atoms with Crippen LogP contribution in [0.15, 0.2) is 61.4 Å². The van der Waals surface area contributed by atoms with Crippen molar-refractivity contribution in [2.24, 2.45) is 6.98 Å². The fraction of sp³-hybridized carbons (Fsp3) is 0.125. The maximum atomic E-state index is 14.7. The molecule has 0 aliphatic heterocycles. The normalized spacial score (nSPS) is 13.7. The van der Waals surface area contributed by atoms with Crippen molar-refractivity contribution in [3.05, 3.63) is 83.9 Å². The number of anilines is 2. The summed E-state index contributed by atoms with van der Waals surface area (Å²) >= 11 is 5.75. The number of halogens is 3. The van der Waals surface area contributed by atoms with Gasteiger partial charge in [-0.05, 0) is 42.8 Å². The Labute approximate surface area is 207 Å². The monoisotopic (exact) mass is 496 g/mol. The minimum atomic E-state index is -2.45. The van der Waals surface area contributed by atoms with E-state index in [1.54, 1.807) is 37.5 Å². The minimum absolute atomic E-state index is 0.107. The molecule has 0 saturated carbocycles. The van der Waals surface area contributed by atoms with Gasteiger partial charge in [0, 0.05) is 35.2 Å². The molecule has 2 aromatic carbocycles. The lowest BCUT2D eigenvalue weighted by atomic mass is 10.1. The second-order valence-electron chi connectivity index (χ2n) is 7.48. The van der Waals surface area contributed by atoms with E-state index in [4.69, 9.17) is 20.5 Å². The highest BCUT2D eigenvalue weighted by atomic mass is 35.5. The molecule has 1 atom stereocenters. The Morgan fingerprint density at radius 2 is 1.94 bits per heavy atom. The van der Waals surface area contributed by atoms with Gasteiger partial charge in [-0.15, -0.1) is 0 Å². The number of fused-ring (bicyclic) bond motifs is 1. The number of hydrogen-bond acceptors (Lipinski definition) is 7. The molecule has 0 unspecified atom stereocenters. The number of rotatable bonds is 6.